The van der Waals surface area contributed by atoms with E-state index in [0.717, 1.165) is 18.3 Å². The molecule has 0 saturated carbocycles. The van der Waals surface area contributed by atoms with Gasteiger partial charge in [0.2, 0.25) is 0 Å². The number of thioether (sulfide) groups is 1. The first-order chi connectivity index (χ1) is 5.43. The van der Waals surface area contributed by atoms with E-state index in [1.807, 2.05) is 11.8 Å². The van der Waals surface area contributed by atoms with Crippen LogP contribution in [0.4, 0.5) is 0 Å². The summed E-state index contributed by atoms with van der Waals surface area (Å²) in [6, 6.07) is 0. The number of nitrogens with zero attached hydrogens (tertiary/aromatic N) is 1. The Bertz CT molecular complexity index is 126. The molecular formula is C8H16N2S. The second-order valence-corrected chi connectivity index (χ2v) is 3.75. The standard InChI is InChI=1S/C8H16N2S/c1-2-3-4-5-9-8-10-6-7-11-8/h2-7H2,1H3,(H,9,10). The molecule has 0 aromatic heterocycles. The van der Waals surface area contributed by atoms with Crippen LogP contribution < -0.4 is 5.32 Å². The normalized spacial score (nSPS) is 20.6. The third-order valence-electron chi connectivity index (χ3n) is 1.63. The molecule has 64 valence electrons. The van der Waals surface area contributed by atoms with Crippen molar-refractivity contribution >= 4 is 16.9 Å². The number of hydrogen-bond donors (Lipinski definition) is 1. The molecule has 0 unspecified atom stereocenters. The smallest absolute Gasteiger partial charge is 0.156 e. The summed E-state index contributed by atoms with van der Waals surface area (Å²) < 4.78 is 0. The van der Waals surface area contributed by atoms with Crippen molar-refractivity contribution in [1.82, 2.24) is 5.32 Å². The third-order valence-corrected chi connectivity index (χ3v) is 2.59. The molecule has 1 saturated heterocycles. The van der Waals surface area contributed by atoms with E-state index in [9.17, 15) is 0 Å². The third kappa shape index (κ3) is 3.65. The van der Waals surface area contributed by atoms with Crippen LogP contribution in [0.15, 0.2) is 4.99 Å². The second kappa shape index (κ2) is 5.47. The quantitative estimate of drug-likeness (QED) is 0.655. The van der Waals surface area contributed by atoms with Crippen molar-refractivity contribution in [3.63, 3.8) is 0 Å². The molecule has 1 aliphatic heterocycles. The summed E-state index contributed by atoms with van der Waals surface area (Å²) in [6.07, 6.45) is 3.83. The van der Waals surface area contributed by atoms with Crippen LogP contribution in [0.5, 0.6) is 0 Å². The maximum Gasteiger partial charge on any atom is 0.156 e. The topological polar surface area (TPSA) is 24.4 Å². The Labute approximate surface area is 72.9 Å². The van der Waals surface area contributed by atoms with Crippen LogP contribution in [0.25, 0.3) is 0 Å². The fourth-order valence-corrected chi connectivity index (χ4v) is 1.78. The number of unbranched alkanes of at least 4 members (excludes halogenated alkanes) is 2. The van der Waals surface area contributed by atoms with E-state index < -0.39 is 0 Å². The SMILES string of the molecule is CCCCC/N=C1\NCCS1. The summed E-state index contributed by atoms with van der Waals surface area (Å²) in [7, 11) is 0. The van der Waals surface area contributed by atoms with Gasteiger partial charge in [0.1, 0.15) is 0 Å². The lowest BCUT2D eigenvalue weighted by molar-refractivity contribution is 0.727. The second-order valence-electron chi connectivity index (χ2n) is 2.67. The lowest BCUT2D eigenvalue weighted by Gasteiger charge is -1.96. The zero-order valence-electron chi connectivity index (χ0n) is 7.10. The monoisotopic (exact) mass is 172 g/mol. The minimum absolute atomic E-state index is 1.00. The Hall–Kier alpha value is -0.180. The van der Waals surface area contributed by atoms with Gasteiger partial charge in [-0.1, -0.05) is 31.5 Å². The van der Waals surface area contributed by atoms with Crippen molar-refractivity contribution < 1.29 is 0 Å². The number of nitrogens with one attached hydrogen (secondary N) is 1. The zero-order chi connectivity index (χ0) is 7.94. The molecule has 11 heavy (non-hydrogen) atoms. The van der Waals surface area contributed by atoms with E-state index in [2.05, 4.69) is 17.2 Å². The van der Waals surface area contributed by atoms with Crippen molar-refractivity contribution in [2.24, 2.45) is 4.99 Å². The zero-order valence-corrected chi connectivity index (χ0v) is 7.91. The highest BCUT2D eigenvalue weighted by Gasteiger charge is 2.05. The Balaban J connectivity index is 2.03. The lowest BCUT2D eigenvalue weighted by atomic mass is 10.2. The fourth-order valence-electron chi connectivity index (χ4n) is 1.00. The van der Waals surface area contributed by atoms with Gasteiger partial charge in [-0.05, 0) is 6.42 Å². The summed E-state index contributed by atoms with van der Waals surface area (Å²) in [4.78, 5) is 4.43. The van der Waals surface area contributed by atoms with Gasteiger partial charge in [-0.25, -0.2) is 0 Å². The van der Waals surface area contributed by atoms with Gasteiger partial charge in [0.15, 0.2) is 5.17 Å². The van der Waals surface area contributed by atoms with E-state index in [1.54, 1.807) is 0 Å². The number of rotatable bonds is 4. The van der Waals surface area contributed by atoms with Gasteiger partial charge in [0, 0.05) is 18.8 Å². The van der Waals surface area contributed by atoms with E-state index in [0.29, 0.717) is 0 Å². The molecule has 1 fully saturated rings. The highest BCUT2D eigenvalue weighted by Crippen LogP contribution is 2.07. The summed E-state index contributed by atoms with van der Waals surface area (Å²) in [5.74, 6) is 1.19. The van der Waals surface area contributed by atoms with Crippen LogP contribution in [0.2, 0.25) is 0 Å². The first-order valence-electron chi connectivity index (χ1n) is 4.34. The van der Waals surface area contributed by atoms with Gasteiger partial charge in [-0.2, -0.15) is 0 Å². The molecule has 0 amide bonds. The van der Waals surface area contributed by atoms with Crippen LogP contribution in [0, 0.1) is 0 Å². The first kappa shape index (κ1) is 8.91. The van der Waals surface area contributed by atoms with Crippen molar-refractivity contribution in [1.29, 1.82) is 0 Å². The minimum Gasteiger partial charge on any atom is -0.364 e. The number of aliphatic imine (C=N–C) groups is 1. The molecule has 1 rings (SSSR count). The van der Waals surface area contributed by atoms with Gasteiger partial charge >= 0.3 is 0 Å². The molecule has 1 N–H and O–H groups in total. The molecule has 0 atom stereocenters. The van der Waals surface area contributed by atoms with Gasteiger partial charge < -0.3 is 5.32 Å². The average molecular weight is 172 g/mol. The van der Waals surface area contributed by atoms with Crippen molar-refractivity contribution in [2.45, 2.75) is 26.2 Å². The Morgan fingerprint density at radius 1 is 1.55 bits per heavy atom. The van der Waals surface area contributed by atoms with Gasteiger partial charge in [0.25, 0.3) is 0 Å². The molecule has 1 aliphatic rings. The first-order valence-corrected chi connectivity index (χ1v) is 5.33. The summed E-state index contributed by atoms with van der Waals surface area (Å²) >= 11 is 1.84. The van der Waals surface area contributed by atoms with Gasteiger partial charge in [-0.3, -0.25) is 4.99 Å². The highest BCUT2D eigenvalue weighted by molar-refractivity contribution is 8.14. The number of amidine groups is 1. The Kier molecular flexibility index (Phi) is 4.43. The number of hydrogen-bond acceptors (Lipinski definition) is 2. The summed E-state index contributed by atoms with van der Waals surface area (Å²) in [5, 5.41) is 4.40. The predicted molar refractivity (Wildman–Crippen MR) is 52.3 cm³/mol. The Morgan fingerprint density at radius 3 is 3.09 bits per heavy atom. The summed E-state index contributed by atoms with van der Waals surface area (Å²) in [6.45, 7) is 4.32. The molecule has 3 heteroatoms. The maximum atomic E-state index is 4.43. The van der Waals surface area contributed by atoms with Crippen molar-refractivity contribution in [3.05, 3.63) is 0 Å². The molecule has 2 nitrogen and oxygen atoms in total. The molecular weight excluding hydrogens is 156 g/mol. The van der Waals surface area contributed by atoms with Crippen LogP contribution in [-0.4, -0.2) is 24.0 Å². The predicted octanol–water partition coefficient (Wildman–Crippen LogP) is 1.87. The van der Waals surface area contributed by atoms with E-state index in [4.69, 9.17) is 0 Å². The van der Waals surface area contributed by atoms with E-state index >= 15 is 0 Å². The fraction of sp³-hybridized carbons (Fsp3) is 0.875. The van der Waals surface area contributed by atoms with Crippen LogP contribution in [-0.2, 0) is 0 Å². The van der Waals surface area contributed by atoms with Gasteiger partial charge in [-0.15, -0.1) is 0 Å². The van der Waals surface area contributed by atoms with Crippen molar-refractivity contribution in [3.8, 4) is 0 Å². The molecule has 0 aliphatic carbocycles. The maximum absolute atomic E-state index is 4.43. The lowest BCUT2D eigenvalue weighted by Crippen LogP contribution is -2.13. The van der Waals surface area contributed by atoms with Crippen molar-refractivity contribution in [2.75, 3.05) is 18.8 Å². The van der Waals surface area contributed by atoms with Crippen LogP contribution in [0.3, 0.4) is 0 Å². The summed E-state index contributed by atoms with van der Waals surface area (Å²) in [5.41, 5.74) is 0. The van der Waals surface area contributed by atoms with Crippen LogP contribution in [0.1, 0.15) is 26.2 Å². The Morgan fingerprint density at radius 2 is 2.45 bits per heavy atom. The van der Waals surface area contributed by atoms with Gasteiger partial charge in [0.05, 0.1) is 0 Å². The molecule has 1 heterocycles. The van der Waals surface area contributed by atoms with E-state index in [-0.39, 0.29) is 0 Å². The average Bonchev–Trinajstić information content (AvgIpc) is 2.50. The highest BCUT2D eigenvalue weighted by atomic mass is 32.2. The molecule has 0 bridgehead atoms. The minimum atomic E-state index is 1.00. The van der Waals surface area contributed by atoms with E-state index in [1.165, 1.54) is 25.0 Å². The molecule has 0 aromatic rings. The molecule has 0 spiro atoms. The largest absolute Gasteiger partial charge is 0.364 e. The van der Waals surface area contributed by atoms with Crippen LogP contribution >= 0.6 is 11.8 Å². The molecule has 0 aromatic carbocycles. The molecule has 0 radical (unpaired) electrons.